The van der Waals surface area contributed by atoms with Crippen LogP contribution in [0.3, 0.4) is 0 Å². The van der Waals surface area contributed by atoms with Crippen molar-refractivity contribution in [3.05, 3.63) is 65.7 Å². The molecule has 0 spiro atoms. The number of piperazine rings is 1. The SMILES string of the molecule is CCc1ccccc1NC(=O)CN1CCN(C(=O)/C=C/c2ccc(N3CCCC3=O)cc2)CC1. The summed E-state index contributed by atoms with van der Waals surface area (Å²) in [4.78, 5) is 42.7. The molecule has 2 saturated heterocycles. The topological polar surface area (TPSA) is 73.0 Å². The van der Waals surface area contributed by atoms with Crippen molar-refractivity contribution in [2.24, 2.45) is 0 Å². The van der Waals surface area contributed by atoms with Gasteiger partial charge in [0, 0.05) is 56.6 Å². The van der Waals surface area contributed by atoms with Crippen LogP contribution in [0, 0.1) is 0 Å². The molecule has 178 valence electrons. The van der Waals surface area contributed by atoms with E-state index in [9.17, 15) is 14.4 Å². The van der Waals surface area contributed by atoms with E-state index in [-0.39, 0.29) is 17.7 Å². The summed E-state index contributed by atoms with van der Waals surface area (Å²) >= 11 is 0. The lowest BCUT2D eigenvalue weighted by Crippen LogP contribution is -2.50. The van der Waals surface area contributed by atoms with Crippen molar-refractivity contribution in [2.75, 3.05) is 49.5 Å². The molecule has 2 heterocycles. The minimum Gasteiger partial charge on any atom is -0.337 e. The highest BCUT2D eigenvalue weighted by Crippen LogP contribution is 2.22. The number of hydrogen-bond acceptors (Lipinski definition) is 4. The fourth-order valence-corrected chi connectivity index (χ4v) is 4.43. The Morgan fingerprint density at radius 3 is 2.38 bits per heavy atom. The number of anilines is 2. The van der Waals surface area contributed by atoms with E-state index in [0.717, 1.165) is 41.9 Å². The first-order valence-corrected chi connectivity index (χ1v) is 12.0. The van der Waals surface area contributed by atoms with Gasteiger partial charge in [0.15, 0.2) is 0 Å². The third kappa shape index (κ3) is 5.91. The Labute approximate surface area is 201 Å². The van der Waals surface area contributed by atoms with Crippen LogP contribution < -0.4 is 10.2 Å². The van der Waals surface area contributed by atoms with Crippen molar-refractivity contribution in [3.8, 4) is 0 Å². The minimum atomic E-state index is -0.0281. The summed E-state index contributed by atoms with van der Waals surface area (Å²) in [6, 6.07) is 15.6. The number of carbonyl (C=O) groups is 3. The second-order valence-corrected chi connectivity index (χ2v) is 8.73. The number of carbonyl (C=O) groups excluding carboxylic acids is 3. The monoisotopic (exact) mass is 460 g/mol. The minimum absolute atomic E-state index is 0.0280. The number of hydrogen-bond donors (Lipinski definition) is 1. The summed E-state index contributed by atoms with van der Waals surface area (Å²) in [6.45, 7) is 5.69. The summed E-state index contributed by atoms with van der Waals surface area (Å²) in [7, 11) is 0. The Morgan fingerprint density at radius 2 is 1.71 bits per heavy atom. The molecule has 2 aromatic rings. The van der Waals surface area contributed by atoms with Gasteiger partial charge in [-0.2, -0.15) is 0 Å². The molecule has 7 heteroatoms. The number of para-hydroxylation sites is 1. The lowest BCUT2D eigenvalue weighted by atomic mass is 10.1. The smallest absolute Gasteiger partial charge is 0.246 e. The summed E-state index contributed by atoms with van der Waals surface area (Å²) in [6.07, 6.45) is 5.79. The summed E-state index contributed by atoms with van der Waals surface area (Å²) < 4.78 is 0. The lowest BCUT2D eigenvalue weighted by molar-refractivity contribution is -0.128. The highest BCUT2D eigenvalue weighted by Gasteiger charge is 2.22. The zero-order chi connectivity index (χ0) is 23.9. The van der Waals surface area contributed by atoms with E-state index in [1.54, 1.807) is 11.0 Å². The first-order chi connectivity index (χ1) is 16.5. The summed E-state index contributed by atoms with van der Waals surface area (Å²) in [5.74, 6) is 0.111. The zero-order valence-corrected chi connectivity index (χ0v) is 19.7. The maximum Gasteiger partial charge on any atom is 0.246 e. The highest BCUT2D eigenvalue weighted by atomic mass is 16.2. The molecule has 2 aromatic carbocycles. The molecule has 2 fully saturated rings. The van der Waals surface area contributed by atoms with Gasteiger partial charge in [0.2, 0.25) is 17.7 Å². The summed E-state index contributed by atoms with van der Waals surface area (Å²) in [5.41, 5.74) is 3.82. The van der Waals surface area contributed by atoms with E-state index in [2.05, 4.69) is 17.1 Å². The van der Waals surface area contributed by atoms with Crippen molar-refractivity contribution in [3.63, 3.8) is 0 Å². The maximum absolute atomic E-state index is 12.6. The van der Waals surface area contributed by atoms with Gasteiger partial charge in [0.1, 0.15) is 0 Å². The van der Waals surface area contributed by atoms with Crippen LogP contribution in [0.5, 0.6) is 0 Å². The Morgan fingerprint density at radius 1 is 0.971 bits per heavy atom. The number of aryl methyl sites for hydroxylation is 1. The number of nitrogens with one attached hydrogen (secondary N) is 1. The van der Waals surface area contributed by atoms with E-state index < -0.39 is 0 Å². The predicted octanol–water partition coefficient (Wildman–Crippen LogP) is 3.17. The van der Waals surface area contributed by atoms with Gasteiger partial charge < -0.3 is 15.1 Å². The second kappa shape index (κ2) is 11.1. The van der Waals surface area contributed by atoms with Crippen LogP contribution in [0.1, 0.15) is 30.9 Å². The van der Waals surface area contributed by atoms with Gasteiger partial charge in [-0.1, -0.05) is 37.3 Å². The van der Waals surface area contributed by atoms with Crippen molar-refractivity contribution in [2.45, 2.75) is 26.2 Å². The van der Waals surface area contributed by atoms with E-state index in [1.807, 2.05) is 59.5 Å². The Hall–Kier alpha value is -3.45. The van der Waals surface area contributed by atoms with Crippen LogP contribution in [-0.4, -0.2) is 66.8 Å². The first kappa shape index (κ1) is 23.7. The molecule has 0 bridgehead atoms. The van der Waals surface area contributed by atoms with Crippen LogP contribution in [0.2, 0.25) is 0 Å². The molecule has 3 amide bonds. The van der Waals surface area contributed by atoms with Crippen molar-refractivity contribution < 1.29 is 14.4 Å². The average molecular weight is 461 g/mol. The van der Waals surface area contributed by atoms with Gasteiger partial charge >= 0.3 is 0 Å². The zero-order valence-electron chi connectivity index (χ0n) is 19.7. The average Bonchev–Trinajstić information content (AvgIpc) is 3.29. The van der Waals surface area contributed by atoms with Crippen molar-refractivity contribution in [1.82, 2.24) is 9.80 Å². The molecule has 0 aromatic heterocycles. The molecule has 2 aliphatic heterocycles. The molecular formula is C27H32N4O3. The van der Waals surface area contributed by atoms with Gasteiger partial charge in [-0.05, 0) is 48.2 Å². The molecule has 0 atom stereocenters. The van der Waals surface area contributed by atoms with Crippen LogP contribution in [0.4, 0.5) is 11.4 Å². The van der Waals surface area contributed by atoms with Crippen LogP contribution in [-0.2, 0) is 20.8 Å². The van der Waals surface area contributed by atoms with Crippen LogP contribution in [0.15, 0.2) is 54.6 Å². The molecule has 1 N–H and O–H groups in total. The molecule has 0 radical (unpaired) electrons. The quantitative estimate of drug-likeness (QED) is 0.645. The van der Waals surface area contributed by atoms with Crippen LogP contribution >= 0.6 is 0 Å². The predicted molar refractivity (Wildman–Crippen MR) is 135 cm³/mol. The van der Waals surface area contributed by atoms with Crippen LogP contribution in [0.25, 0.3) is 6.08 Å². The standard InChI is InChI=1S/C27H32N4O3/c1-2-22-6-3-4-7-24(22)28-25(32)20-29-16-18-30(19-17-29)26(33)14-11-21-9-12-23(13-10-21)31-15-5-8-27(31)34/h3-4,6-7,9-14H,2,5,8,15-20H2,1H3,(H,28,32)/b14-11+. The molecule has 0 saturated carbocycles. The van der Waals surface area contributed by atoms with Crippen molar-refractivity contribution >= 4 is 35.2 Å². The normalized spacial score (nSPS) is 16.9. The van der Waals surface area contributed by atoms with E-state index in [1.165, 1.54) is 0 Å². The van der Waals surface area contributed by atoms with E-state index >= 15 is 0 Å². The number of benzene rings is 2. The largest absolute Gasteiger partial charge is 0.337 e. The Bertz CT molecular complexity index is 1060. The Kier molecular flexibility index (Phi) is 7.75. The number of amides is 3. The van der Waals surface area contributed by atoms with E-state index in [0.29, 0.717) is 39.1 Å². The molecule has 7 nitrogen and oxygen atoms in total. The van der Waals surface area contributed by atoms with Gasteiger partial charge in [-0.3, -0.25) is 19.3 Å². The van der Waals surface area contributed by atoms with E-state index in [4.69, 9.17) is 0 Å². The molecule has 0 unspecified atom stereocenters. The third-order valence-corrected chi connectivity index (χ3v) is 6.42. The van der Waals surface area contributed by atoms with Gasteiger partial charge in [-0.15, -0.1) is 0 Å². The number of nitrogens with zero attached hydrogens (tertiary/aromatic N) is 3. The third-order valence-electron chi connectivity index (χ3n) is 6.42. The fourth-order valence-electron chi connectivity index (χ4n) is 4.43. The van der Waals surface area contributed by atoms with Gasteiger partial charge in [0.25, 0.3) is 0 Å². The molecular weight excluding hydrogens is 428 g/mol. The second-order valence-electron chi connectivity index (χ2n) is 8.73. The van der Waals surface area contributed by atoms with Gasteiger partial charge in [-0.25, -0.2) is 0 Å². The highest BCUT2D eigenvalue weighted by molar-refractivity contribution is 5.96. The van der Waals surface area contributed by atoms with Gasteiger partial charge in [0.05, 0.1) is 6.54 Å². The molecule has 2 aliphatic rings. The fraction of sp³-hybridized carbons (Fsp3) is 0.370. The summed E-state index contributed by atoms with van der Waals surface area (Å²) in [5, 5.41) is 3.01. The molecule has 4 rings (SSSR count). The van der Waals surface area contributed by atoms with Crippen molar-refractivity contribution in [1.29, 1.82) is 0 Å². The molecule has 0 aliphatic carbocycles. The first-order valence-electron chi connectivity index (χ1n) is 12.0. The Balaban J connectivity index is 1.23. The molecule has 34 heavy (non-hydrogen) atoms. The number of rotatable bonds is 7. The lowest BCUT2D eigenvalue weighted by Gasteiger charge is -2.33. The maximum atomic E-state index is 12.6.